The van der Waals surface area contributed by atoms with Crippen LogP contribution in [-0.4, -0.2) is 31.2 Å². The summed E-state index contributed by atoms with van der Waals surface area (Å²) in [5, 5.41) is 2.84. The third-order valence-electron chi connectivity index (χ3n) is 3.75. The molecule has 1 amide bonds. The smallest absolute Gasteiger partial charge is 0.287 e. The fourth-order valence-corrected chi connectivity index (χ4v) is 2.47. The summed E-state index contributed by atoms with van der Waals surface area (Å²) in [4.78, 5) is 11.8. The lowest BCUT2D eigenvalue weighted by Crippen LogP contribution is -2.31. The summed E-state index contributed by atoms with van der Waals surface area (Å²) in [5.41, 5.74) is 6.71. The Morgan fingerprint density at radius 2 is 2.20 bits per heavy atom. The lowest BCUT2D eigenvalue weighted by molar-refractivity contribution is 0.0241. The van der Waals surface area contributed by atoms with Gasteiger partial charge in [-0.3, -0.25) is 4.79 Å². The lowest BCUT2D eigenvalue weighted by atomic mass is 9.94. The molecule has 1 saturated carbocycles. The molecule has 20 heavy (non-hydrogen) atoms. The van der Waals surface area contributed by atoms with Crippen molar-refractivity contribution in [3.63, 3.8) is 0 Å². The zero-order valence-electron chi connectivity index (χ0n) is 12.1. The summed E-state index contributed by atoms with van der Waals surface area (Å²) in [6.45, 7) is 3.14. The van der Waals surface area contributed by atoms with Crippen molar-refractivity contribution in [3.8, 4) is 0 Å². The lowest BCUT2D eigenvalue weighted by Gasteiger charge is -2.26. The van der Waals surface area contributed by atoms with E-state index in [1.54, 1.807) is 6.07 Å². The molecule has 0 atom stereocenters. The number of carbonyl (C=O) groups is 1. The quantitative estimate of drug-likeness (QED) is 0.781. The summed E-state index contributed by atoms with van der Waals surface area (Å²) < 4.78 is 10.9. The molecule has 1 aromatic heterocycles. The normalized spacial score (nSPS) is 22.7. The van der Waals surface area contributed by atoms with E-state index in [0.29, 0.717) is 31.1 Å². The van der Waals surface area contributed by atoms with Crippen LogP contribution >= 0.6 is 0 Å². The molecule has 0 saturated heterocycles. The third-order valence-corrected chi connectivity index (χ3v) is 3.75. The van der Waals surface area contributed by atoms with Crippen molar-refractivity contribution in [1.82, 2.24) is 5.32 Å². The Balaban J connectivity index is 1.56. The van der Waals surface area contributed by atoms with Crippen LogP contribution in [0.3, 0.4) is 0 Å². The van der Waals surface area contributed by atoms with E-state index in [2.05, 4.69) is 5.32 Å². The first-order valence-electron chi connectivity index (χ1n) is 7.36. The van der Waals surface area contributed by atoms with E-state index in [1.165, 1.54) is 6.26 Å². The Kier molecular flexibility index (Phi) is 5.61. The highest BCUT2D eigenvalue weighted by Crippen LogP contribution is 2.19. The first-order chi connectivity index (χ1) is 9.66. The van der Waals surface area contributed by atoms with Crippen LogP contribution in [0.15, 0.2) is 16.7 Å². The number of hydrogen-bond donors (Lipinski definition) is 2. The first kappa shape index (κ1) is 15.1. The number of aryl methyl sites for hydroxylation is 1. The average Bonchev–Trinajstić information content (AvgIpc) is 2.86. The summed E-state index contributed by atoms with van der Waals surface area (Å²) in [6, 6.07) is 2.14. The van der Waals surface area contributed by atoms with Crippen molar-refractivity contribution in [2.75, 3.05) is 13.2 Å². The summed E-state index contributed by atoms with van der Waals surface area (Å²) in [5.74, 6) is 0.239. The number of carbonyl (C=O) groups excluding carboxylic acids is 1. The number of furan rings is 1. The van der Waals surface area contributed by atoms with Gasteiger partial charge in [0.15, 0.2) is 5.76 Å². The molecule has 1 fully saturated rings. The van der Waals surface area contributed by atoms with Gasteiger partial charge in [0, 0.05) is 24.8 Å². The van der Waals surface area contributed by atoms with Crippen LogP contribution in [0.25, 0.3) is 0 Å². The van der Waals surface area contributed by atoms with Crippen molar-refractivity contribution < 1.29 is 13.9 Å². The fraction of sp³-hybridized carbons (Fsp3) is 0.667. The zero-order chi connectivity index (χ0) is 14.4. The molecule has 0 spiro atoms. The topological polar surface area (TPSA) is 77.5 Å². The van der Waals surface area contributed by atoms with Gasteiger partial charge < -0.3 is 20.2 Å². The van der Waals surface area contributed by atoms with Crippen LogP contribution in [0.2, 0.25) is 0 Å². The number of nitrogens with one attached hydrogen (secondary N) is 1. The summed E-state index contributed by atoms with van der Waals surface area (Å²) >= 11 is 0. The van der Waals surface area contributed by atoms with Gasteiger partial charge in [0.05, 0.1) is 12.4 Å². The minimum Gasteiger partial charge on any atom is -0.459 e. The van der Waals surface area contributed by atoms with Gasteiger partial charge in [0.25, 0.3) is 5.91 Å². The molecule has 0 radical (unpaired) electrons. The minimum absolute atomic E-state index is 0.156. The maximum absolute atomic E-state index is 11.8. The second-order valence-electron chi connectivity index (χ2n) is 5.45. The van der Waals surface area contributed by atoms with E-state index < -0.39 is 0 Å². The maximum Gasteiger partial charge on any atom is 0.287 e. The third kappa shape index (κ3) is 4.35. The van der Waals surface area contributed by atoms with Gasteiger partial charge in [-0.15, -0.1) is 0 Å². The van der Waals surface area contributed by atoms with Crippen molar-refractivity contribution in [2.24, 2.45) is 5.73 Å². The first-order valence-corrected chi connectivity index (χ1v) is 7.36. The van der Waals surface area contributed by atoms with Gasteiger partial charge in [-0.05, 0) is 45.1 Å². The zero-order valence-corrected chi connectivity index (χ0v) is 12.1. The highest BCUT2D eigenvalue weighted by atomic mass is 16.5. The second kappa shape index (κ2) is 7.45. The van der Waals surface area contributed by atoms with Crippen LogP contribution in [-0.2, 0) is 4.74 Å². The van der Waals surface area contributed by atoms with E-state index in [0.717, 1.165) is 37.7 Å². The molecule has 5 heteroatoms. The van der Waals surface area contributed by atoms with Crippen LogP contribution in [0.5, 0.6) is 0 Å². The number of ether oxygens (including phenoxy) is 1. The average molecular weight is 280 g/mol. The van der Waals surface area contributed by atoms with Crippen LogP contribution < -0.4 is 11.1 Å². The molecule has 1 aliphatic carbocycles. The molecule has 1 heterocycles. The van der Waals surface area contributed by atoms with Crippen LogP contribution in [0, 0.1) is 6.92 Å². The molecule has 0 aliphatic heterocycles. The molecule has 2 rings (SSSR count). The molecule has 0 bridgehead atoms. The van der Waals surface area contributed by atoms with Gasteiger partial charge in [-0.2, -0.15) is 0 Å². The van der Waals surface area contributed by atoms with Crippen LogP contribution in [0.1, 0.15) is 48.2 Å². The highest BCUT2D eigenvalue weighted by Gasteiger charge is 2.18. The van der Waals surface area contributed by atoms with Crippen molar-refractivity contribution in [1.29, 1.82) is 0 Å². The van der Waals surface area contributed by atoms with E-state index >= 15 is 0 Å². The molecule has 112 valence electrons. The second-order valence-corrected chi connectivity index (χ2v) is 5.45. The maximum atomic E-state index is 11.8. The Bertz CT molecular complexity index is 423. The summed E-state index contributed by atoms with van der Waals surface area (Å²) in [6.07, 6.45) is 6.91. The predicted molar refractivity (Wildman–Crippen MR) is 76.6 cm³/mol. The van der Waals surface area contributed by atoms with Crippen LogP contribution in [0.4, 0.5) is 0 Å². The molecule has 1 aromatic rings. The molecule has 0 unspecified atom stereocenters. The number of hydrogen-bond acceptors (Lipinski definition) is 4. The minimum atomic E-state index is -0.156. The van der Waals surface area contributed by atoms with Crippen molar-refractivity contribution >= 4 is 5.91 Å². The molecular weight excluding hydrogens is 256 g/mol. The predicted octanol–water partition coefficient (Wildman–Crippen LogP) is 1.99. The van der Waals surface area contributed by atoms with Crippen molar-refractivity contribution in [2.45, 2.75) is 51.2 Å². The Hall–Kier alpha value is -1.33. The van der Waals surface area contributed by atoms with E-state index in [-0.39, 0.29) is 5.91 Å². The van der Waals surface area contributed by atoms with Gasteiger partial charge >= 0.3 is 0 Å². The standard InChI is InChI=1S/C15H24N2O3/c1-11-7-10-20-14(11)15(18)17-8-2-9-19-13-5-3-12(16)4-6-13/h7,10,12-13H,2-6,8-9,16H2,1H3,(H,17,18). The molecule has 3 N–H and O–H groups in total. The number of nitrogens with two attached hydrogens (primary N) is 1. The molecule has 1 aliphatic rings. The molecule has 0 aromatic carbocycles. The Morgan fingerprint density at radius 3 is 2.85 bits per heavy atom. The fourth-order valence-electron chi connectivity index (χ4n) is 2.47. The number of rotatable bonds is 6. The molecule has 5 nitrogen and oxygen atoms in total. The Morgan fingerprint density at radius 1 is 1.45 bits per heavy atom. The van der Waals surface area contributed by atoms with E-state index in [9.17, 15) is 4.79 Å². The van der Waals surface area contributed by atoms with Gasteiger partial charge in [0.1, 0.15) is 0 Å². The summed E-state index contributed by atoms with van der Waals surface area (Å²) in [7, 11) is 0. The highest BCUT2D eigenvalue weighted by molar-refractivity contribution is 5.92. The van der Waals surface area contributed by atoms with Gasteiger partial charge in [-0.1, -0.05) is 0 Å². The van der Waals surface area contributed by atoms with E-state index in [1.807, 2.05) is 6.92 Å². The Labute approximate surface area is 119 Å². The van der Waals surface area contributed by atoms with Crippen molar-refractivity contribution in [3.05, 3.63) is 23.7 Å². The SMILES string of the molecule is Cc1ccoc1C(=O)NCCCOC1CCC(N)CC1. The molecular formula is C15H24N2O3. The number of amides is 1. The van der Waals surface area contributed by atoms with Gasteiger partial charge in [0.2, 0.25) is 0 Å². The van der Waals surface area contributed by atoms with E-state index in [4.69, 9.17) is 14.9 Å². The largest absolute Gasteiger partial charge is 0.459 e. The van der Waals surface area contributed by atoms with Gasteiger partial charge in [-0.25, -0.2) is 0 Å². The monoisotopic (exact) mass is 280 g/mol.